The van der Waals surface area contributed by atoms with Gasteiger partial charge in [0, 0.05) is 23.1 Å². The number of thiocarbonyl (C=S) groups is 1. The van der Waals surface area contributed by atoms with Crippen LogP contribution in [0.3, 0.4) is 0 Å². The third kappa shape index (κ3) is 3.56. The molecule has 0 aliphatic carbocycles. The molecule has 0 bridgehead atoms. The topological polar surface area (TPSA) is 72.8 Å². The molecule has 2 aromatic carbocycles. The minimum Gasteiger partial charge on any atom is -0.454 e. The highest BCUT2D eigenvalue weighted by Gasteiger charge is 2.35. The monoisotopic (exact) mass is 473 g/mol. The van der Waals surface area contributed by atoms with Crippen LogP contribution in [0, 0.1) is 13.8 Å². The number of hydrogen-bond acceptors (Lipinski definition) is 5. The molecule has 0 spiro atoms. The highest BCUT2D eigenvalue weighted by Crippen LogP contribution is 2.35. The van der Waals surface area contributed by atoms with Gasteiger partial charge in [-0.1, -0.05) is 25.1 Å². The average Bonchev–Trinajstić information content (AvgIpc) is 3.39. The van der Waals surface area contributed by atoms with E-state index in [0.717, 1.165) is 34.6 Å². The molecule has 2 aliphatic rings. The molecule has 2 aliphatic heterocycles. The van der Waals surface area contributed by atoms with Crippen molar-refractivity contribution in [3.05, 3.63) is 76.6 Å². The van der Waals surface area contributed by atoms with Gasteiger partial charge in [0.25, 0.3) is 11.8 Å². The summed E-state index contributed by atoms with van der Waals surface area (Å²) in [6, 6.07) is 15.2. The quantitative estimate of drug-likeness (QED) is 0.349. The number of nitrogens with zero attached hydrogens (tertiary/aromatic N) is 2. The van der Waals surface area contributed by atoms with Crippen molar-refractivity contribution in [1.82, 2.24) is 9.88 Å². The van der Waals surface area contributed by atoms with Crippen LogP contribution in [-0.4, -0.2) is 28.3 Å². The minimum atomic E-state index is -0.506. The van der Waals surface area contributed by atoms with Crippen LogP contribution >= 0.6 is 12.2 Å². The maximum Gasteiger partial charge on any atom is 0.270 e. The van der Waals surface area contributed by atoms with Gasteiger partial charge in [-0.25, -0.2) is 0 Å². The van der Waals surface area contributed by atoms with Gasteiger partial charge in [-0.3, -0.25) is 19.8 Å². The Bertz CT molecular complexity index is 1390. The summed E-state index contributed by atoms with van der Waals surface area (Å²) >= 11 is 5.36. The average molecular weight is 474 g/mol. The lowest BCUT2D eigenvalue weighted by atomic mass is 10.0. The zero-order valence-corrected chi connectivity index (χ0v) is 19.9. The summed E-state index contributed by atoms with van der Waals surface area (Å²) in [7, 11) is 0. The third-order valence-electron chi connectivity index (χ3n) is 6.10. The molecule has 0 saturated carbocycles. The van der Waals surface area contributed by atoms with Crippen LogP contribution in [-0.2, 0) is 16.0 Å². The summed E-state index contributed by atoms with van der Waals surface area (Å²) in [6.07, 6.45) is 2.36. The highest BCUT2D eigenvalue weighted by atomic mass is 32.1. The Morgan fingerprint density at radius 2 is 1.82 bits per heavy atom. The van der Waals surface area contributed by atoms with Crippen molar-refractivity contribution < 1.29 is 19.1 Å². The van der Waals surface area contributed by atoms with E-state index in [1.807, 2.05) is 73.9 Å². The van der Waals surface area contributed by atoms with E-state index in [-0.39, 0.29) is 17.5 Å². The summed E-state index contributed by atoms with van der Waals surface area (Å²) in [5, 5.41) is 2.76. The highest BCUT2D eigenvalue weighted by molar-refractivity contribution is 7.80. The molecule has 172 valence electrons. The van der Waals surface area contributed by atoms with Gasteiger partial charge in [-0.2, -0.15) is 0 Å². The molecule has 7 nitrogen and oxygen atoms in total. The molecule has 2 amide bonds. The molecule has 3 heterocycles. The maximum atomic E-state index is 13.5. The number of amides is 2. The summed E-state index contributed by atoms with van der Waals surface area (Å²) < 4.78 is 13.0. The second-order valence-corrected chi connectivity index (χ2v) is 8.53. The largest absolute Gasteiger partial charge is 0.454 e. The minimum absolute atomic E-state index is 0.0328. The summed E-state index contributed by atoms with van der Waals surface area (Å²) in [5.41, 5.74) is 5.19. The number of anilines is 1. The number of ether oxygens (including phenoxy) is 2. The Balaban J connectivity index is 1.55. The molecule has 0 atom stereocenters. The van der Waals surface area contributed by atoms with Gasteiger partial charge >= 0.3 is 0 Å². The van der Waals surface area contributed by atoms with Crippen LogP contribution in [0.1, 0.15) is 29.4 Å². The van der Waals surface area contributed by atoms with Gasteiger partial charge in [-0.15, -0.1) is 0 Å². The number of carbonyl (C=O) groups is 2. The lowest BCUT2D eigenvalue weighted by Gasteiger charge is -2.30. The van der Waals surface area contributed by atoms with Gasteiger partial charge in [0.2, 0.25) is 6.79 Å². The van der Waals surface area contributed by atoms with E-state index in [4.69, 9.17) is 21.7 Å². The Labute approximate surface area is 202 Å². The molecule has 1 aromatic heterocycles. The first-order valence-corrected chi connectivity index (χ1v) is 11.4. The molecule has 5 rings (SSSR count). The van der Waals surface area contributed by atoms with Gasteiger partial charge < -0.3 is 14.0 Å². The number of aromatic nitrogens is 1. The van der Waals surface area contributed by atoms with E-state index in [1.165, 1.54) is 4.90 Å². The first kappa shape index (κ1) is 21.9. The third-order valence-corrected chi connectivity index (χ3v) is 6.38. The zero-order valence-electron chi connectivity index (χ0n) is 19.0. The summed E-state index contributed by atoms with van der Waals surface area (Å²) in [4.78, 5) is 27.7. The van der Waals surface area contributed by atoms with E-state index < -0.39 is 11.8 Å². The van der Waals surface area contributed by atoms with E-state index in [2.05, 4.69) is 5.32 Å². The Morgan fingerprint density at radius 1 is 1.06 bits per heavy atom. The predicted molar refractivity (Wildman–Crippen MR) is 133 cm³/mol. The Kier molecular flexibility index (Phi) is 5.45. The number of carbonyl (C=O) groups excluding carboxylic acids is 2. The molecule has 1 N–H and O–H groups in total. The molecule has 8 heteroatoms. The predicted octanol–water partition coefficient (Wildman–Crippen LogP) is 4.22. The second kappa shape index (κ2) is 8.46. The fourth-order valence-corrected chi connectivity index (χ4v) is 4.69. The molecule has 34 heavy (non-hydrogen) atoms. The van der Waals surface area contributed by atoms with Crippen LogP contribution in [0.25, 0.3) is 11.8 Å². The lowest BCUT2D eigenvalue weighted by molar-refractivity contribution is -0.122. The zero-order chi connectivity index (χ0) is 24.0. The van der Waals surface area contributed by atoms with Crippen molar-refractivity contribution in [2.75, 3.05) is 11.7 Å². The number of nitrogens with one attached hydrogen (secondary N) is 1. The van der Waals surface area contributed by atoms with Crippen LogP contribution in [0.4, 0.5) is 5.69 Å². The normalized spacial score (nSPS) is 16.4. The van der Waals surface area contributed by atoms with Crippen molar-refractivity contribution in [2.45, 2.75) is 27.2 Å². The lowest BCUT2D eigenvalue weighted by Crippen LogP contribution is -2.54. The van der Waals surface area contributed by atoms with Crippen LogP contribution < -0.4 is 19.7 Å². The number of aryl methyl sites for hydroxylation is 2. The van der Waals surface area contributed by atoms with Gasteiger partial charge in [0.15, 0.2) is 16.6 Å². The summed E-state index contributed by atoms with van der Waals surface area (Å²) in [5.74, 6) is 0.447. The smallest absolute Gasteiger partial charge is 0.270 e. The summed E-state index contributed by atoms with van der Waals surface area (Å²) in [6.45, 7) is 6.14. The number of benzene rings is 2. The van der Waals surface area contributed by atoms with Crippen molar-refractivity contribution in [3.63, 3.8) is 0 Å². The fourth-order valence-electron chi connectivity index (χ4n) is 4.42. The molecule has 0 unspecified atom stereocenters. The van der Waals surface area contributed by atoms with E-state index in [0.29, 0.717) is 17.2 Å². The van der Waals surface area contributed by atoms with Crippen LogP contribution in [0.2, 0.25) is 0 Å². The maximum absolute atomic E-state index is 13.5. The number of para-hydroxylation sites is 1. The van der Waals surface area contributed by atoms with Crippen molar-refractivity contribution in [3.8, 4) is 17.2 Å². The molecule has 1 saturated heterocycles. The fraction of sp³-hybridized carbons (Fsp3) is 0.192. The van der Waals surface area contributed by atoms with E-state index in [1.54, 1.807) is 6.08 Å². The van der Waals surface area contributed by atoms with Crippen molar-refractivity contribution >= 4 is 40.9 Å². The van der Waals surface area contributed by atoms with E-state index >= 15 is 0 Å². The second-order valence-electron chi connectivity index (χ2n) is 8.14. The number of rotatable bonds is 4. The SMILES string of the molecule is CCc1ccccc1N1C(=O)C(=Cc2cc(C)n(-c3ccc4c(c3)OCO4)c2C)C(=O)NC1=S. The van der Waals surface area contributed by atoms with Crippen molar-refractivity contribution in [1.29, 1.82) is 0 Å². The number of fused-ring (bicyclic) bond motifs is 1. The van der Waals surface area contributed by atoms with Gasteiger partial charge in [0.1, 0.15) is 5.57 Å². The van der Waals surface area contributed by atoms with E-state index in [9.17, 15) is 9.59 Å². The Morgan fingerprint density at radius 3 is 2.62 bits per heavy atom. The van der Waals surface area contributed by atoms with Crippen LogP contribution in [0.15, 0.2) is 54.1 Å². The molecule has 0 radical (unpaired) electrons. The van der Waals surface area contributed by atoms with Gasteiger partial charge in [-0.05, 0) is 74.0 Å². The standard InChI is InChI=1S/C26H23N3O4S/c1-4-17-7-5-6-8-21(17)29-25(31)20(24(30)27-26(29)34)12-18-11-15(2)28(16(18)3)19-9-10-22-23(13-19)33-14-32-22/h5-13H,4,14H2,1-3H3,(H,27,30,34). The molecular weight excluding hydrogens is 450 g/mol. The Hall–Kier alpha value is -3.91. The van der Waals surface area contributed by atoms with Crippen LogP contribution in [0.5, 0.6) is 11.5 Å². The molecule has 3 aromatic rings. The molecular formula is C26H23N3O4S. The van der Waals surface area contributed by atoms with Gasteiger partial charge in [0.05, 0.1) is 5.69 Å². The first-order valence-electron chi connectivity index (χ1n) is 11.0. The first-order chi connectivity index (χ1) is 16.4. The number of hydrogen-bond donors (Lipinski definition) is 1. The van der Waals surface area contributed by atoms with Crippen molar-refractivity contribution in [2.24, 2.45) is 0 Å². The molecule has 1 fully saturated rings.